The maximum Gasteiger partial charge on any atom is 0.161 e. The van der Waals surface area contributed by atoms with Crippen LogP contribution in [0.2, 0.25) is 0 Å². The molecule has 0 unspecified atom stereocenters. The van der Waals surface area contributed by atoms with E-state index in [1.165, 1.54) is 6.92 Å². The smallest absolute Gasteiger partial charge is 0.161 e. The first-order valence-electron chi connectivity index (χ1n) is 5.18. The molecule has 2 aromatic rings. The average Bonchev–Trinajstić information content (AvgIpc) is 2.80. The third-order valence-electron chi connectivity index (χ3n) is 2.38. The van der Waals surface area contributed by atoms with E-state index in [9.17, 15) is 4.79 Å². The molecule has 0 radical (unpaired) electrons. The minimum Gasteiger partial charge on any atom is -0.398 e. The van der Waals surface area contributed by atoms with Gasteiger partial charge in [-0.25, -0.2) is 0 Å². The number of anilines is 2. The molecule has 0 saturated heterocycles. The lowest BCUT2D eigenvalue weighted by molar-refractivity contribution is 0.101. The van der Waals surface area contributed by atoms with E-state index in [0.717, 1.165) is 10.6 Å². The maximum atomic E-state index is 11.3. The molecule has 0 bridgehead atoms. The van der Waals surface area contributed by atoms with Gasteiger partial charge in [-0.3, -0.25) is 9.78 Å². The topological polar surface area (TPSA) is 68.0 Å². The Balaban J connectivity index is 2.11. The highest BCUT2D eigenvalue weighted by molar-refractivity contribution is 7.09. The molecule has 1 heterocycles. The summed E-state index contributed by atoms with van der Waals surface area (Å²) in [5.41, 5.74) is 9.47. The van der Waals surface area contributed by atoms with Crippen LogP contribution < -0.4 is 11.1 Å². The number of carbonyl (C=O) groups excluding carboxylic acids is 1. The Morgan fingerprint density at radius 2 is 2.35 bits per heavy atom. The molecule has 5 heteroatoms. The number of thiazole rings is 1. The van der Waals surface area contributed by atoms with Crippen LogP contribution in [0.25, 0.3) is 0 Å². The number of rotatable bonds is 4. The summed E-state index contributed by atoms with van der Waals surface area (Å²) in [7, 11) is 0. The normalized spacial score (nSPS) is 10.2. The molecule has 3 N–H and O–H groups in total. The van der Waals surface area contributed by atoms with Crippen molar-refractivity contribution in [2.24, 2.45) is 0 Å². The van der Waals surface area contributed by atoms with Crippen LogP contribution in [-0.4, -0.2) is 10.8 Å². The van der Waals surface area contributed by atoms with Crippen LogP contribution in [0.3, 0.4) is 0 Å². The van der Waals surface area contributed by atoms with Crippen LogP contribution >= 0.6 is 11.3 Å². The zero-order chi connectivity index (χ0) is 12.3. The molecule has 1 aromatic heterocycles. The predicted molar refractivity (Wildman–Crippen MR) is 70.3 cm³/mol. The van der Waals surface area contributed by atoms with E-state index in [1.54, 1.807) is 29.0 Å². The monoisotopic (exact) mass is 247 g/mol. The first-order chi connectivity index (χ1) is 8.16. The summed E-state index contributed by atoms with van der Waals surface area (Å²) in [5.74, 6) is -0.0241. The van der Waals surface area contributed by atoms with Crippen molar-refractivity contribution in [2.45, 2.75) is 13.5 Å². The SMILES string of the molecule is CC(=O)c1cc(NCc2cncs2)ccc1N. The summed E-state index contributed by atoms with van der Waals surface area (Å²) < 4.78 is 0. The number of nitrogen functional groups attached to an aromatic ring is 1. The van der Waals surface area contributed by atoms with Gasteiger partial charge in [-0.05, 0) is 25.1 Å². The van der Waals surface area contributed by atoms with Gasteiger partial charge < -0.3 is 11.1 Å². The molecule has 2 rings (SSSR count). The summed E-state index contributed by atoms with van der Waals surface area (Å²) in [6.45, 7) is 2.21. The van der Waals surface area contributed by atoms with Crippen molar-refractivity contribution in [2.75, 3.05) is 11.1 Å². The Morgan fingerprint density at radius 1 is 1.53 bits per heavy atom. The number of Topliss-reactive ketones (excluding diaryl/α,β-unsaturated/α-hetero) is 1. The van der Waals surface area contributed by atoms with Crippen LogP contribution in [0.4, 0.5) is 11.4 Å². The van der Waals surface area contributed by atoms with E-state index in [0.29, 0.717) is 17.8 Å². The molecule has 0 saturated carbocycles. The number of benzene rings is 1. The summed E-state index contributed by atoms with van der Waals surface area (Å²) in [4.78, 5) is 16.5. The molecule has 1 aromatic carbocycles. The Bertz CT molecular complexity index is 523. The number of aromatic nitrogens is 1. The van der Waals surface area contributed by atoms with Gasteiger partial charge in [0.1, 0.15) is 0 Å². The number of hydrogen-bond donors (Lipinski definition) is 2. The van der Waals surface area contributed by atoms with E-state index in [1.807, 2.05) is 12.3 Å². The zero-order valence-corrected chi connectivity index (χ0v) is 10.3. The molecule has 0 atom stereocenters. The van der Waals surface area contributed by atoms with Crippen molar-refractivity contribution in [1.29, 1.82) is 0 Å². The lowest BCUT2D eigenvalue weighted by Crippen LogP contribution is -2.03. The van der Waals surface area contributed by atoms with Crippen LogP contribution in [0, 0.1) is 0 Å². The first kappa shape index (κ1) is 11.6. The van der Waals surface area contributed by atoms with Gasteiger partial charge in [0.25, 0.3) is 0 Å². The Morgan fingerprint density at radius 3 is 3.00 bits per heavy atom. The van der Waals surface area contributed by atoms with E-state index < -0.39 is 0 Å². The Hall–Kier alpha value is -1.88. The van der Waals surface area contributed by atoms with Gasteiger partial charge in [-0.2, -0.15) is 0 Å². The van der Waals surface area contributed by atoms with Crippen LogP contribution in [0.1, 0.15) is 22.2 Å². The highest BCUT2D eigenvalue weighted by Gasteiger charge is 2.05. The molecule has 88 valence electrons. The molecule has 0 aliphatic heterocycles. The predicted octanol–water partition coefficient (Wildman–Crippen LogP) is 2.54. The third kappa shape index (κ3) is 2.82. The van der Waals surface area contributed by atoms with Gasteiger partial charge in [0.2, 0.25) is 0 Å². The zero-order valence-electron chi connectivity index (χ0n) is 9.43. The molecule has 17 heavy (non-hydrogen) atoms. The van der Waals surface area contributed by atoms with Crippen LogP contribution in [0.5, 0.6) is 0 Å². The number of nitrogens with zero attached hydrogens (tertiary/aromatic N) is 1. The number of nitrogens with two attached hydrogens (primary N) is 1. The van der Waals surface area contributed by atoms with E-state index in [-0.39, 0.29) is 5.78 Å². The molecule has 0 fully saturated rings. The van der Waals surface area contributed by atoms with E-state index in [2.05, 4.69) is 10.3 Å². The third-order valence-corrected chi connectivity index (χ3v) is 3.16. The Labute approximate surface area is 103 Å². The fraction of sp³-hybridized carbons (Fsp3) is 0.167. The number of nitrogens with one attached hydrogen (secondary N) is 1. The van der Waals surface area contributed by atoms with Crippen molar-refractivity contribution in [3.63, 3.8) is 0 Å². The second-order valence-electron chi connectivity index (χ2n) is 3.68. The average molecular weight is 247 g/mol. The summed E-state index contributed by atoms with van der Waals surface area (Å²) in [6.07, 6.45) is 1.82. The van der Waals surface area contributed by atoms with E-state index in [4.69, 9.17) is 5.73 Å². The first-order valence-corrected chi connectivity index (χ1v) is 6.06. The lowest BCUT2D eigenvalue weighted by Gasteiger charge is -2.08. The number of hydrogen-bond acceptors (Lipinski definition) is 5. The molecular formula is C12H13N3OS. The summed E-state index contributed by atoms with van der Waals surface area (Å²) in [6, 6.07) is 5.38. The molecule has 0 aliphatic carbocycles. The highest BCUT2D eigenvalue weighted by Crippen LogP contribution is 2.19. The van der Waals surface area contributed by atoms with Crippen molar-refractivity contribution >= 4 is 28.5 Å². The second-order valence-corrected chi connectivity index (χ2v) is 4.65. The van der Waals surface area contributed by atoms with E-state index >= 15 is 0 Å². The van der Waals surface area contributed by atoms with Crippen LogP contribution in [0.15, 0.2) is 29.9 Å². The van der Waals surface area contributed by atoms with Gasteiger partial charge in [-0.1, -0.05) is 0 Å². The van der Waals surface area contributed by atoms with Crippen molar-refractivity contribution in [1.82, 2.24) is 4.98 Å². The molecule has 0 spiro atoms. The minimum absolute atomic E-state index is 0.0241. The fourth-order valence-electron chi connectivity index (χ4n) is 1.49. The summed E-state index contributed by atoms with van der Waals surface area (Å²) in [5, 5.41) is 3.23. The highest BCUT2D eigenvalue weighted by atomic mass is 32.1. The maximum absolute atomic E-state index is 11.3. The van der Waals surface area contributed by atoms with Crippen molar-refractivity contribution < 1.29 is 4.79 Å². The van der Waals surface area contributed by atoms with Crippen molar-refractivity contribution in [3.05, 3.63) is 40.3 Å². The fourth-order valence-corrected chi connectivity index (χ4v) is 2.02. The van der Waals surface area contributed by atoms with Gasteiger partial charge in [0.05, 0.1) is 12.1 Å². The molecular weight excluding hydrogens is 234 g/mol. The number of ketones is 1. The summed E-state index contributed by atoms with van der Waals surface area (Å²) >= 11 is 1.59. The van der Waals surface area contributed by atoms with Gasteiger partial charge >= 0.3 is 0 Å². The Kier molecular flexibility index (Phi) is 3.39. The second kappa shape index (κ2) is 4.97. The van der Waals surface area contributed by atoms with Gasteiger partial charge in [-0.15, -0.1) is 11.3 Å². The lowest BCUT2D eigenvalue weighted by atomic mass is 10.1. The molecule has 4 nitrogen and oxygen atoms in total. The van der Waals surface area contributed by atoms with Crippen LogP contribution in [-0.2, 0) is 6.54 Å². The standard InChI is InChI=1S/C12H13N3OS/c1-8(16)11-4-9(2-3-12(11)13)15-6-10-5-14-7-17-10/h2-5,7,15H,6,13H2,1H3. The van der Waals surface area contributed by atoms with Crippen molar-refractivity contribution in [3.8, 4) is 0 Å². The number of carbonyl (C=O) groups is 1. The minimum atomic E-state index is -0.0241. The quantitative estimate of drug-likeness (QED) is 0.643. The largest absolute Gasteiger partial charge is 0.398 e. The molecule has 0 aliphatic rings. The molecule has 0 amide bonds. The van der Waals surface area contributed by atoms with Gasteiger partial charge in [0.15, 0.2) is 5.78 Å². The van der Waals surface area contributed by atoms with Gasteiger partial charge in [0, 0.05) is 28.0 Å².